The normalized spacial score (nSPS) is 13.7. The largest absolute Gasteiger partial charge is 0.481 e. The van der Waals surface area contributed by atoms with Gasteiger partial charge >= 0.3 is 12.1 Å². The van der Waals surface area contributed by atoms with Crippen LogP contribution in [-0.4, -0.2) is 65.0 Å². The van der Waals surface area contributed by atoms with Crippen LogP contribution in [0.2, 0.25) is 0 Å². The fourth-order valence-electron chi connectivity index (χ4n) is 5.30. The first-order chi connectivity index (χ1) is 22.4. The minimum atomic E-state index is -1.08. The van der Waals surface area contributed by atoms with Crippen LogP contribution in [0.3, 0.4) is 0 Å². The minimum Gasteiger partial charge on any atom is -0.481 e. The molecule has 236 valence electrons. The number of benzene rings is 3. The molecule has 0 saturated carbocycles. The Morgan fingerprint density at radius 3 is 2.33 bits per heavy atom. The van der Waals surface area contributed by atoms with Crippen molar-refractivity contribution >= 4 is 35.3 Å². The van der Waals surface area contributed by atoms with Gasteiger partial charge in [0.1, 0.15) is 6.61 Å². The number of nitrogens with one attached hydrogen (secondary N) is 2. The smallest absolute Gasteiger partial charge is 0.412 e. The minimum absolute atomic E-state index is 0.0400. The molecule has 1 aromatic heterocycles. The van der Waals surface area contributed by atoms with E-state index < -0.39 is 24.0 Å². The number of anilines is 2. The second-order valence-electron chi connectivity index (χ2n) is 10.8. The molecule has 3 aromatic carbocycles. The molecule has 0 spiro atoms. The van der Waals surface area contributed by atoms with E-state index in [0.29, 0.717) is 55.1 Å². The van der Waals surface area contributed by atoms with Gasteiger partial charge in [-0.15, -0.1) is 0 Å². The summed E-state index contributed by atoms with van der Waals surface area (Å²) in [6, 6.07) is 25.9. The molecule has 11 heteroatoms. The highest BCUT2D eigenvalue weighted by Crippen LogP contribution is 2.30. The van der Waals surface area contributed by atoms with E-state index >= 15 is 0 Å². The average molecular weight is 622 g/mol. The zero-order valence-corrected chi connectivity index (χ0v) is 25.2. The van der Waals surface area contributed by atoms with Gasteiger partial charge in [-0.05, 0) is 53.9 Å². The van der Waals surface area contributed by atoms with Crippen LogP contribution < -0.4 is 15.5 Å². The van der Waals surface area contributed by atoms with Crippen LogP contribution in [-0.2, 0) is 16.1 Å². The summed E-state index contributed by atoms with van der Waals surface area (Å²) in [5.74, 6) is -1.63. The molecule has 0 bridgehead atoms. The van der Waals surface area contributed by atoms with Crippen molar-refractivity contribution in [2.75, 3.05) is 36.4 Å². The Morgan fingerprint density at radius 1 is 0.848 bits per heavy atom. The number of pyridine rings is 1. The summed E-state index contributed by atoms with van der Waals surface area (Å²) < 4.78 is 5.47. The molecule has 0 radical (unpaired) electrons. The lowest BCUT2D eigenvalue weighted by Crippen LogP contribution is -2.35. The Bertz CT molecular complexity index is 1650. The van der Waals surface area contributed by atoms with Gasteiger partial charge in [0, 0.05) is 49.7 Å². The molecule has 5 rings (SSSR count). The fourth-order valence-corrected chi connectivity index (χ4v) is 5.30. The number of aromatic nitrogens is 1. The summed E-state index contributed by atoms with van der Waals surface area (Å²) in [6.07, 6.45) is 2.74. The van der Waals surface area contributed by atoms with Crippen molar-refractivity contribution in [1.29, 1.82) is 0 Å². The van der Waals surface area contributed by atoms with Crippen LogP contribution in [0.25, 0.3) is 0 Å². The van der Waals surface area contributed by atoms with E-state index in [4.69, 9.17) is 4.74 Å². The second kappa shape index (κ2) is 15.3. The third kappa shape index (κ3) is 8.47. The topological polar surface area (TPSA) is 141 Å². The first-order valence-corrected chi connectivity index (χ1v) is 15.0. The molecule has 1 atom stereocenters. The number of nitrogens with zero attached hydrogens (tertiary/aromatic N) is 3. The third-order valence-electron chi connectivity index (χ3n) is 7.62. The lowest BCUT2D eigenvalue weighted by atomic mass is 10.0. The van der Waals surface area contributed by atoms with E-state index in [1.54, 1.807) is 48.7 Å². The standard InChI is InChI=1S/C35H35N5O6/c41-32(42)22-29(28-13-7-16-36-23-28)37-33(43)27-14-15-31(30(21-27)38-35(45)46-24-25-9-3-1-4-10-25)39-17-8-18-40(20-19-39)34(44)26-11-5-2-6-12-26/h1-7,9-16,21,23,29H,8,17-20,22,24H2,(H,37,43)(H,38,45)(H,41,42). The monoisotopic (exact) mass is 621 g/mol. The Labute approximate surface area is 266 Å². The van der Waals surface area contributed by atoms with Crippen LogP contribution in [0.4, 0.5) is 16.2 Å². The van der Waals surface area contributed by atoms with Crippen molar-refractivity contribution in [3.63, 3.8) is 0 Å². The van der Waals surface area contributed by atoms with Crippen molar-refractivity contribution in [2.24, 2.45) is 0 Å². The highest BCUT2D eigenvalue weighted by atomic mass is 16.5. The SMILES string of the molecule is O=C(O)CC(NC(=O)c1ccc(N2CCCN(C(=O)c3ccccc3)CC2)c(NC(=O)OCc2ccccc2)c1)c1cccnc1. The average Bonchev–Trinajstić information content (AvgIpc) is 3.34. The van der Waals surface area contributed by atoms with Crippen molar-refractivity contribution in [2.45, 2.75) is 25.5 Å². The van der Waals surface area contributed by atoms with E-state index in [1.807, 2.05) is 53.4 Å². The number of amides is 3. The van der Waals surface area contributed by atoms with Crippen LogP contribution in [0.15, 0.2) is 103 Å². The highest BCUT2D eigenvalue weighted by Gasteiger charge is 2.24. The number of rotatable bonds is 10. The number of aliphatic carboxylic acids is 1. The molecule has 0 aliphatic carbocycles. The molecule has 46 heavy (non-hydrogen) atoms. The van der Waals surface area contributed by atoms with Crippen molar-refractivity contribution in [3.8, 4) is 0 Å². The molecule has 2 heterocycles. The number of ether oxygens (including phenoxy) is 1. The fraction of sp³-hybridized carbons (Fsp3) is 0.229. The first-order valence-electron chi connectivity index (χ1n) is 15.0. The van der Waals surface area contributed by atoms with Gasteiger partial charge in [-0.3, -0.25) is 24.7 Å². The summed E-state index contributed by atoms with van der Waals surface area (Å²) in [5.41, 5.74) is 3.24. The summed E-state index contributed by atoms with van der Waals surface area (Å²) in [6.45, 7) is 2.21. The highest BCUT2D eigenvalue weighted by molar-refractivity contribution is 5.99. The van der Waals surface area contributed by atoms with E-state index in [-0.39, 0.29) is 24.5 Å². The number of carbonyl (C=O) groups excluding carboxylic acids is 3. The van der Waals surface area contributed by atoms with Crippen LogP contribution >= 0.6 is 0 Å². The van der Waals surface area contributed by atoms with Gasteiger partial charge in [0.25, 0.3) is 11.8 Å². The van der Waals surface area contributed by atoms with Crippen molar-refractivity contribution in [1.82, 2.24) is 15.2 Å². The molecule has 1 unspecified atom stereocenters. The predicted octanol–water partition coefficient (Wildman–Crippen LogP) is 5.13. The zero-order chi connectivity index (χ0) is 32.3. The molecule has 4 aromatic rings. The quantitative estimate of drug-likeness (QED) is 0.221. The van der Waals surface area contributed by atoms with Crippen molar-refractivity contribution in [3.05, 3.63) is 126 Å². The summed E-state index contributed by atoms with van der Waals surface area (Å²) in [7, 11) is 0. The molecular formula is C35H35N5O6. The number of hydrogen-bond donors (Lipinski definition) is 3. The zero-order valence-electron chi connectivity index (χ0n) is 25.2. The molecule has 3 N–H and O–H groups in total. The lowest BCUT2D eigenvalue weighted by Gasteiger charge is -2.26. The van der Waals surface area contributed by atoms with Gasteiger partial charge in [-0.1, -0.05) is 54.6 Å². The Balaban J connectivity index is 1.36. The summed E-state index contributed by atoms with van der Waals surface area (Å²) >= 11 is 0. The Morgan fingerprint density at radius 2 is 1.61 bits per heavy atom. The maximum absolute atomic E-state index is 13.4. The molecule has 3 amide bonds. The van der Waals surface area contributed by atoms with Gasteiger partial charge < -0.3 is 25.0 Å². The van der Waals surface area contributed by atoms with E-state index in [0.717, 1.165) is 5.56 Å². The van der Waals surface area contributed by atoms with Gasteiger partial charge in [-0.2, -0.15) is 0 Å². The number of hydrogen-bond acceptors (Lipinski definition) is 7. The number of carboxylic acid groups (broad SMARTS) is 1. The number of carboxylic acids is 1. The summed E-state index contributed by atoms with van der Waals surface area (Å²) in [4.78, 5) is 59.0. The van der Waals surface area contributed by atoms with Crippen molar-refractivity contribution < 1.29 is 29.0 Å². The number of carbonyl (C=O) groups is 4. The second-order valence-corrected chi connectivity index (χ2v) is 10.8. The van der Waals surface area contributed by atoms with Crippen LogP contribution in [0.1, 0.15) is 50.7 Å². The van der Waals surface area contributed by atoms with Gasteiger partial charge in [0.15, 0.2) is 0 Å². The predicted molar refractivity (Wildman–Crippen MR) is 173 cm³/mol. The van der Waals surface area contributed by atoms with Crippen LogP contribution in [0, 0.1) is 0 Å². The van der Waals surface area contributed by atoms with E-state index in [2.05, 4.69) is 20.5 Å². The maximum atomic E-state index is 13.4. The summed E-state index contributed by atoms with van der Waals surface area (Å²) in [5, 5.41) is 15.1. The van der Waals surface area contributed by atoms with E-state index in [9.17, 15) is 24.3 Å². The van der Waals surface area contributed by atoms with Gasteiger partial charge in [-0.25, -0.2) is 4.79 Å². The molecule has 11 nitrogen and oxygen atoms in total. The Kier molecular flexibility index (Phi) is 10.6. The first kappa shape index (κ1) is 31.7. The van der Waals surface area contributed by atoms with Gasteiger partial charge in [0.2, 0.25) is 0 Å². The third-order valence-corrected chi connectivity index (χ3v) is 7.62. The van der Waals surface area contributed by atoms with E-state index in [1.165, 1.54) is 6.20 Å². The lowest BCUT2D eigenvalue weighted by molar-refractivity contribution is -0.137. The van der Waals surface area contributed by atoms with Crippen LogP contribution in [0.5, 0.6) is 0 Å². The molecule has 1 aliphatic rings. The molecule has 1 fully saturated rings. The Hall–Kier alpha value is -5.71. The maximum Gasteiger partial charge on any atom is 0.412 e. The molecule has 1 aliphatic heterocycles. The van der Waals surface area contributed by atoms with Gasteiger partial charge in [0.05, 0.1) is 23.8 Å². The molecule has 1 saturated heterocycles. The molecular weight excluding hydrogens is 586 g/mol.